The van der Waals surface area contributed by atoms with Crippen molar-refractivity contribution in [3.8, 4) is 5.75 Å². The number of carbonyl (C=O) groups excluding carboxylic acids is 1. The minimum absolute atomic E-state index is 0.0689. The van der Waals surface area contributed by atoms with Crippen molar-refractivity contribution in [3.63, 3.8) is 0 Å². The van der Waals surface area contributed by atoms with Gasteiger partial charge in [-0.15, -0.1) is 0 Å². The molecule has 0 bridgehead atoms. The Morgan fingerprint density at radius 3 is 2.61 bits per heavy atom. The molecule has 0 radical (unpaired) electrons. The lowest BCUT2D eigenvalue weighted by Gasteiger charge is -2.33. The van der Waals surface area contributed by atoms with Crippen molar-refractivity contribution in [1.82, 2.24) is 15.5 Å². The van der Waals surface area contributed by atoms with E-state index >= 15 is 0 Å². The molecule has 0 aromatic heterocycles. The van der Waals surface area contributed by atoms with E-state index in [1.54, 1.807) is 0 Å². The number of carbonyl (C=O) groups is 1. The molecule has 2 amide bonds. The van der Waals surface area contributed by atoms with Gasteiger partial charge in [0.25, 0.3) is 0 Å². The van der Waals surface area contributed by atoms with Crippen LogP contribution in [0.5, 0.6) is 5.75 Å². The second-order valence-corrected chi connectivity index (χ2v) is 7.91. The number of nitrogens with zero attached hydrogens (tertiary/aromatic N) is 1. The molecule has 1 atom stereocenters. The van der Waals surface area contributed by atoms with Crippen molar-refractivity contribution in [3.05, 3.63) is 64.7 Å². The van der Waals surface area contributed by atoms with Gasteiger partial charge in [-0.2, -0.15) is 0 Å². The van der Waals surface area contributed by atoms with Gasteiger partial charge in [0, 0.05) is 37.7 Å². The lowest BCUT2D eigenvalue weighted by molar-refractivity contribution is 0.183. The van der Waals surface area contributed by atoms with Crippen molar-refractivity contribution in [2.75, 3.05) is 19.7 Å². The predicted molar refractivity (Wildman–Crippen MR) is 111 cm³/mol. The van der Waals surface area contributed by atoms with Gasteiger partial charge in [-0.05, 0) is 24.5 Å². The third-order valence-corrected chi connectivity index (χ3v) is 5.80. The maximum absolute atomic E-state index is 12.5. The average molecular weight is 400 g/mol. The Bertz CT molecular complexity index is 807. The highest BCUT2D eigenvalue weighted by molar-refractivity contribution is 6.32. The van der Waals surface area contributed by atoms with E-state index in [9.17, 15) is 4.79 Å². The van der Waals surface area contributed by atoms with Gasteiger partial charge < -0.3 is 15.4 Å². The second-order valence-electron chi connectivity index (χ2n) is 7.50. The lowest BCUT2D eigenvalue weighted by atomic mass is 10.0. The summed E-state index contributed by atoms with van der Waals surface area (Å²) >= 11 is 6.21. The van der Waals surface area contributed by atoms with E-state index in [0.717, 1.165) is 44.5 Å². The maximum Gasteiger partial charge on any atom is 0.315 e. The van der Waals surface area contributed by atoms with Crippen LogP contribution >= 0.6 is 11.6 Å². The smallest absolute Gasteiger partial charge is 0.315 e. The molecule has 148 valence electrons. The number of urea groups is 1. The highest BCUT2D eigenvalue weighted by Crippen LogP contribution is 2.37. The summed E-state index contributed by atoms with van der Waals surface area (Å²) in [6, 6.07) is 16.2. The molecule has 2 N–H and O–H groups in total. The average Bonchev–Trinajstić information content (AvgIpc) is 2.71. The van der Waals surface area contributed by atoms with Gasteiger partial charge in [-0.25, -0.2) is 4.79 Å². The number of amides is 2. The van der Waals surface area contributed by atoms with Gasteiger partial charge in [-0.3, -0.25) is 4.90 Å². The van der Waals surface area contributed by atoms with Crippen molar-refractivity contribution >= 4 is 17.6 Å². The van der Waals surface area contributed by atoms with Crippen LogP contribution in [0.2, 0.25) is 5.02 Å². The Kier molecular flexibility index (Phi) is 6.03. The summed E-state index contributed by atoms with van der Waals surface area (Å²) in [6.07, 6.45) is 2.68. The molecule has 28 heavy (non-hydrogen) atoms. The van der Waals surface area contributed by atoms with Crippen LogP contribution in [-0.2, 0) is 6.54 Å². The van der Waals surface area contributed by atoms with Crippen LogP contribution < -0.4 is 15.4 Å². The third-order valence-electron chi connectivity index (χ3n) is 5.50. The van der Waals surface area contributed by atoms with E-state index in [-0.39, 0.29) is 18.1 Å². The van der Waals surface area contributed by atoms with Gasteiger partial charge in [0.15, 0.2) is 0 Å². The van der Waals surface area contributed by atoms with Crippen molar-refractivity contribution < 1.29 is 9.53 Å². The molecule has 2 aliphatic heterocycles. The van der Waals surface area contributed by atoms with E-state index in [1.165, 1.54) is 5.56 Å². The number of halogens is 1. The minimum atomic E-state index is -0.112. The standard InChI is InChI=1S/C22H26ClN3O2/c23-19-8-4-7-18-20(11-14-28-21(18)19)25-22(27)24-17-9-12-26(13-10-17)15-16-5-2-1-3-6-16/h1-8,17,20H,9-15H2,(H2,24,25,27)/t20-/m0/s1. The van der Waals surface area contributed by atoms with Crippen LogP contribution in [-0.4, -0.2) is 36.7 Å². The highest BCUT2D eigenvalue weighted by atomic mass is 35.5. The number of rotatable bonds is 4. The number of benzene rings is 2. The van der Waals surface area contributed by atoms with Gasteiger partial charge in [0.05, 0.1) is 17.7 Å². The normalized spacial score (nSPS) is 20.1. The molecule has 5 nitrogen and oxygen atoms in total. The Labute approximate surface area is 171 Å². The molecule has 4 rings (SSSR count). The molecule has 2 aromatic rings. The molecule has 6 heteroatoms. The van der Waals surface area contributed by atoms with Crippen LogP contribution in [0.3, 0.4) is 0 Å². The van der Waals surface area contributed by atoms with E-state index in [4.69, 9.17) is 16.3 Å². The zero-order valence-corrected chi connectivity index (χ0v) is 16.6. The van der Waals surface area contributed by atoms with Gasteiger partial charge in [-0.1, -0.05) is 54.1 Å². The summed E-state index contributed by atoms with van der Waals surface area (Å²) in [4.78, 5) is 15.0. The summed E-state index contributed by atoms with van der Waals surface area (Å²) in [6.45, 7) is 3.52. The van der Waals surface area contributed by atoms with Crippen molar-refractivity contribution in [1.29, 1.82) is 0 Å². The molecule has 0 aliphatic carbocycles. The van der Waals surface area contributed by atoms with Crippen LogP contribution in [0.15, 0.2) is 48.5 Å². The van der Waals surface area contributed by atoms with Crippen LogP contribution in [0.4, 0.5) is 4.79 Å². The topological polar surface area (TPSA) is 53.6 Å². The zero-order valence-electron chi connectivity index (χ0n) is 15.9. The highest BCUT2D eigenvalue weighted by Gasteiger charge is 2.26. The fraction of sp³-hybridized carbons (Fsp3) is 0.409. The Hall–Kier alpha value is -2.24. The molecule has 1 fully saturated rings. The first-order valence-corrected chi connectivity index (χ1v) is 10.3. The van der Waals surface area contributed by atoms with E-state index < -0.39 is 0 Å². The monoisotopic (exact) mass is 399 g/mol. The third kappa shape index (κ3) is 4.59. The Morgan fingerprint density at radius 2 is 1.82 bits per heavy atom. The summed E-state index contributed by atoms with van der Waals surface area (Å²) in [5, 5.41) is 6.84. The molecule has 0 unspecified atom stereocenters. The molecule has 0 spiro atoms. The van der Waals surface area contributed by atoms with E-state index in [2.05, 4.69) is 39.8 Å². The number of hydrogen-bond donors (Lipinski definition) is 2. The first-order valence-electron chi connectivity index (χ1n) is 9.93. The number of ether oxygens (including phenoxy) is 1. The van der Waals surface area contributed by atoms with Gasteiger partial charge >= 0.3 is 6.03 Å². The predicted octanol–water partition coefficient (Wildman–Crippen LogP) is 4.13. The second kappa shape index (κ2) is 8.84. The fourth-order valence-corrected chi connectivity index (χ4v) is 4.24. The first-order chi connectivity index (χ1) is 13.7. The molecular weight excluding hydrogens is 374 g/mol. The lowest BCUT2D eigenvalue weighted by Crippen LogP contribution is -2.48. The summed E-state index contributed by atoms with van der Waals surface area (Å²) in [5.74, 6) is 0.690. The maximum atomic E-state index is 12.5. The van der Waals surface area contributed by atoms with Crippen LogP contribution in [0, 0.1) is 0 Å². The van der Waals surface area contributed by atoms with Crippen LogP contribution in [0.25, 0.3) is 0 Å². The molecule has 2 aliphatic rings. The van der Waals surface area contributed by atoms with E-state index in [1.807, 2.05) is 24.3 Å². The summed E-state index contributed by atoms with van der Waals surface area (Å²) in [7, 11) is 0. The summed E-state index contributed by atoms with van der Waals surface area (Å²) in [5.41, 5.74) is 2.29. The number of fused-ring (bicyclic) bond motifs is 1. The molecule has 2 heterocycles. The van der Waals surface area contributed by atoms with Crippen LogP contribution in [0.1, 0.15) is 36.4 Å². The first kappa shape index (κ1) is 19.1. The molecule has 1 saturated heterocycles. The van der Waals surface area contributed by atoms with E-state index in [0.29, 0.717) is 17.4 Å². The Balaban J connectivity index is 1.26. The Morgan fingerprint density at radius 1 is 1.04 bits per heavy atom. The minimum Gasteiger partial charge on any atom is -0.492 e. The van der Waals surface area contributed by atoms with Crippen molar-refractivity contribution in [2.45, 2.75) is 37.9 Å². The van der Waals surface area contributed by atoms with Crippen molar-refractivity contribution in [2.24, 2.45) is 0 Å². The fourth-order valence-electron chi connectivity index (χ4n) is 4.00. The number of hydrogen-bond acceptors (Lipinski definition) is 3. The molecular formula is C22H26ClN3O2. The summed E-state index contributed by atoms with van der Waals surface area (Å²) < 4.78 is 5.67. The molecule has 2 aromatic carbocycles. The van der Waals surface area contributed by atoms with Gasteiger partial charge in [0.2, 0.25) is 0 Å². The SMILES string of the molecule is O=C(NC1CCN(Cc2ccccc2)CC1)N[C@H]1CCOc2c(Cl)cccc21. The largest absolute Gasteiger partial charge is 0.492 e. The zero-order chi connectivity index (χ0) is 19.3. The van der Waals surface area contributed by atoms with Gasteiger partial charge in [0.1, 0.15) is 5.75 Å². The number of nitrogens with one attached hydrogen (secondary N) is 2. The number of likely N-dealkylation sites (tertiary alicyclic amines) is 1. The molecule has 0 saturated carbocycles. The number of piperidine rings is 1. The number of para-hydroxylation sites is 1. The quantitative estimate of drug-likeness (QED) is 0.812.